The lowest BCUT2D eigenvalue weighted by molar-refractivity contribution is 0.101. The highest BCUT2D eigenvalue weighted by Gasteiger charge is 2.32. The number of ether oxygens (including phenoxy) is 4. The molecule has 5 rings (SSSR count). The first kappa shape index (κ1) is 25.4. The summed E-state index contributed by atoms with van der Waals surface area (Å²) in [6.45, 7) is 3.41. The van der Waals surface area contributed by atoms with Crippen LogP contribution in [0.2, 0.25) is 0 Å². The molecule has 0 amide bonds. The van der Waals surface area contributed by atoms with Gasteiger partial charge in [-0.05, 0) is 54.6 Å². The normalized spacial score (nSPS) is 16.4. The first-order valence-corrected chi connectivity index (χ1v) is 12.2. The number of methoxy groups -OCH3 is 3. The molecule has 1 N–H and O–H groups in total. The summed E-state index contributed by atoms with van der Waals surface area (Å²) in [5.74, 6) is 1.34. The largest absolute Gasteiger partial charge is 0.507 e. The fourth-order valence-electron chi connectivity index (χ4n) is 4.87. The number of nitrogens with zero attached hydrogens (tertiary/aromatic N) is 2. The molecule has 9 heteroatoms. The highest BCUT2D eigenvalue weighted by molar-refractivity contribution is 6.15. The monoisotopic (exact) mass is 520 g/mol. The Morgan fingerprint density at radius 2 is 1.63 bits per heavy atom. The average molecular weight is 521 g/mol. The summed E-state index contributed by atoms with van der Waals surface area (Å²) >= 11 is 0. The number of carbonyl (C=O) groups excluding carboxylic acids is 1. The molecule has 2 heterocycles. The lowest BCUT2D eigenvalue weighted by atomic mass is 10.0. The van der Waals surface area contributed by atoms with Crippen molar-refractivity contribution in [2.45, 2.75) is 6.54 Å². The van der Waals surface area contributed by atoms with Gasteiger partial charge in [-0.2, -0.15) is 0 Å². The van der Waals surface area contributed by atoms with Crippen LogP contribution < -0.4 is 23.8 Å². The molecule has 0 aromatic heterocycles. The number of anilines is 1. The maximum absolute atomic E-state index is 13.3. The lowest BCUT2D eigenvalue weighted by Crippen LogP contribution is -2.46. The number of phenolic OH excluding ortho intramolecular Hbond substituents is 1. The number of hydrogen-bond acceptors (Lipinski definition) is 8. The molecule has 3 aromatic carbocycles. The standard InChI is InChI=1S/C29H29FN2O6/c1-35-24-11-4-18(27(36-2)29(24)37-3)16-25-26(34)21-9-10-23(33)22(28(21)38-25)17-31-12-14-32(15-13-31)20-7-5-19(30)6-8-20/h4-11,16,33H,12-15,17H2,1-3H3/b25-16-. The van der Waals surface area contributed by atoms with Crippen LogP contribution in [0, 0.1) is 5.82 Å². The van der Waals surface area contributed by atoms with Gasteiger partial charge in [0.15, 0.2) is 17.3 Å². The molecular weight excluding hydrogens is 491 g/mol. The maximum Gasteiger partial charge on any atom is 0.231 e. The Balaban J connectivity index is 1.36. The van der Waals surface area contributed by atoms with Crippen molar-refractivity contribution in [2.75, 3.05) is 52.4 Å². The first-order chi connectivity index (χ1) is 18.4. The predicted octanol–water partition coefficient (Wildman–Crippen LogP) is 4.50. The Morgan fingerprint density at radius 1 is 0.921 bits per heavy atom. The molecule has 0 bridgehead atoms. The minimum absolute atomic E-state index is 0.0717. The number of aromatic hydroxyl groups is 1. The topological polar surface area (TPSA) is 80.7 Å². The van der Waals surface area contributed by atoms with Gasteiger partial charge >= 0.3 is 0 Å². The third-order valence-corrected chi connectivity index (χ3v) is 6.88. The van der Waals surface area contributed by atoms with E-state index in [9.17, 15) is 14.3 Å². The van der Waals surface area contributed by atoms with Crippen LogP contribution in [-0.2, 0) is 6.54 Å². The van der Waals surface area contributed by atoms with E-state index in [-0.39, 0.29) is 23.1 Å². The summed E-state index contributed by atoms with van der Waals surface area (Å²) in [5.41, 5.74) is 2.52. The van der Waals surface area contributed by atoms with Gasteiger partial charge in [0.2, 0.25) is 11.5 Å². The highest BCUT2D eigenvalue weighted by Crippen LogP contribution is 2.43. The third-order valence-electron chi connectivity index (χ3n) is 6.88. The molecule has 0 aliphatic carbocycles. The van der Waals surface area contributed by atoms with Crippen molar-refractivity contribution in [3.8, 4) is 28.7 Å². The quantitative estimate of drug-likeness (QED) is 0.457. The van der Waals surface area contributed by atoms with E-state index < -0.39 is 0 Å². The Labute approximate surface area is 220 Å². The average Bonchev–Trinajstić information content (AvgIpc) is 3.25. The molecule has 2 aliphatic rings. The van der Waals surface area contributed by atoms with Crippen molar-refractivity contribution < 1.29 is 33.2 Å². The minimum atomic E-state index is -0.279. The molecule has 1 fully saturated rings. The number of allylic oxidation sites excluding steroid dienone is 1. The van der Waals surface area contributed by atoms with Crippen molar-refractivity contribution in [3.63, 3.8) is 0 Å². The summed E-state index contributed by atoms with van der Waals surface area (Å²) in [6.07, 6.45) is 1.60. The minimum Gasteiger partial charge on any atom is -0.507 e. The highest BCUT2D eigenvalue weighted by atomic mass is 19.1. The number of benzene rings is 3. The van der Waals surface area contributed by atoms with Gasteiger partial charge in [0.25, 0.3) is 0 Å². The number of hydrogen-bond donors (Lipinski definition) is 1. The number of carbonyl (C=O) groups is 1. The van der Waals surface area contributed by atoms with E-state index in [1.54, 1.807) is 36.4 Å². The summed E-state index contributed by atoms with van der Waals surface area (Å²) < 4.78 is 35.7. The molecule has 38 heavy (non-hydrogen) atoms. The van der Waals surface area contributed by atoms with Crippen LogP contribution in [0.3, 0.4) is 0 Å². The van der Waals surface area contributed by atoms with Crippen molar-refractivity contribution >= 4 is 17.5 Å². The van der Waals surface area contributed by atoms with Crippen LogP contribution in [0.5, 0.6) is 28.7 Å². The molecule has 0 saturated carbocycles. The van der Waals surface area contributed by atoms with E-state index in [0.717, 1.165) is 31.9 Å². The molecule has 0 spiro atoms. The van der Waals surface area contributed by atoms with E-state index in [0.29, 0.717) is 46.2 Å². The van der Waals surface area contributed by atoms with Crippen LogP contribution in [0.4, 0.5) is 10.1 Å². The van der Waals surface area contributed by atoms with Gasteiger partial charge in [-0.3, -0.25) is 9.69 Å². The summed E-state index contributed by atoms with van der Waals surface area (Å²) in [7, 11) is 4.56. The van der Waals surface area contributed by atoms with Gasteiger partial charge < -0.3 is 29.0 Å². The molecular formula is C29H29FN2O6. The van der Waals surface area contributed by atoms with E-state index in [1.165, 1.54) is 39.5 Å². The van der Waals surface area contributed by atoms with E-state index in [2.05, 4.69) is 9.80 Å². The second-order valence-electron chi connectivity index (χ2n) is 9.04. The summed E-state index contributed by atoms with van der Waals surface area (Å²) in [4.78, 5) is 17.6. The maximum atomic E-state index is 13.3. The Hall–Kier alpha value is -4.24. The van der Waals surface area contributed by atoms with Gasteiger partial charge in [-0.1, -0.05) is 0 Å². The smallest absolute Gasteiger partial charge is 0.231 e. The molecule has 2 aliphatic heterocycles. The van der Waals surface area contributed by atoms with Gasteiger partial charge in [-0.25, -0.2) is 4.39 Å². The zero-order chi connectivity index (χ0) is 26.8. The molecule has 3 aromatic rings. The van der Waals surface area contributed by atoms with Crippen molar-refractivity contribution in [1.29, 1.82) is 0 Å². The molecule has 1 saturated heterocycles. The van der Waals surface area contributed by atoms with Crippen LogP contribution in [0.25, 0.3) is 6.08 Å². The number of halogens is 1. The Morgan fingerprint density at radius 3 is 2.29 bits per heavy atom. The van der Waals surface area contributed by atoms with E-state index in [4.69, 9.17) is 18.9 Å². The number of rotatable bonds is 7. The van der Waals surface area contributed by atoms with Gasteiger partial charge in [-0.15, -0.1) is 0 Å². The summed E-state index contributed by atoms with van der Waals surface area (Å²) in [6, 6.07) is 13.1. The third kappa shape index (κ3) is 4.72. The fourth-order valence-corrected chi connectivity index (χ4v) is 4.87. The number of phenols is 1. The first-order valence-electron chi connectivity index (χ1n) is 12.2. The van der Waals surface area contributed by atoms with Gasteiger partial charge in [0.05, 0.1) is 32.5 Å². The van der Waals surface area contributed by atoms with Crippen molar-refractivity contribution in [1.82, 2.24) is 4.90 Å². The Kier molecular flexibility index (Phi) is 7.11. The zero-order valence-electron chi connectivity index (χ0n) is 21.5. The number of piperazine rings is 1. The molecule has 0 atom stereocenters. The van der Waals surface area contributed by atoms with Crippen LogP contribution >= 0.6 is 0 Å². The fraction of sp³-hybridized carbons (Fsp3) is 0.276. The number of ketones is 1. The van der Waals surface area contributed by atoms with E-state index in [1.807, 2.05) is 0 Å². The van der Waals surface area contributed by atoms with Crippen LogP contribution in [0.15, 0.2) is 54.3 Å². The molecule has 198 valence electrons. The second-order valence-corrected chi connectivity index (χ2v) is 9.04. The molecule has 0 unspecified atom stereocenters. The van der Waals surface area contributed by atoms with Crippen molar-refractivity contribution in [3.05, 3.63) is 76.8 Å². The SMILES string of the molecule is COc1ccc(/C=C2\Oc3c(ccc(O)c3CN3CCN(c4ccc(F)cc4)CC3)C2=O)c(OC)c1OC. The van der Waals surface area contributed by atoms with Gasteiger partial charge in [0, 0.05) is 44.0 Å². The second kappa shape index (κ2) is 10.6. The molecule has 8 nitrogen and oxygen atoms in total. The summed E-state index contributed by atoms with van der Waals surface area (Å²) in [5, 5.41) is 10.7. The Bertz CT molecular complexity index is 1380. The predicted molar refractivity (Wildman–Crippen MR) is 141 cm³/mol. The van der Waals surface area contributed by atoms with E-state index >= 15 is 0 Å². The van der Waals surface area contributed by atoms with Gasteiger partial charge in [0.1, 0.15) is 17.3 Å². The van der Waals surface area contributed by atoms with Crippen molar-refractivity contribution in [2.24, 2.45) is 0 Å². The molecule has 0 radical (unpaired) electrons. The van der Waals surface area contributed by atoms with Crippen LogP contribution in [0.1, 0.15) is 21.5 Å². The van der Waals surface area contributed by atoms with Crippen LogP contribution in [-0.4, -0.2) is 63.3 Å². The zero-order valence-corrected chi connectivity index (χ0v) is 21.5. The number of fused-ring (bicyclic) bond motifs is 1. The lowest BCUT2D eigenvalue weighted by Gasteiger charge is -2.36. The number of Topliss-reactive ketones (excluding diaryl/α,β-unsaturated/α-hetero) is 1.